The summed E-state index contributed by atoms with van der Waals surface area (Å²) in [5.74, 6) is -0.193. The Morgan fingerprint density at radius 3 is 2.59 bits per heavy atom. The molecule has 1 amide bonds. The van der Waals surface area contributed by atoms with Crippen molar-refractivity contribution >= 4 is 70.5 Å². The third-order valence-electron chi connectivity index (χ3n) is 2.88. The normalized spacial score (nSPS) is 11.2. The number of aromatic nitrogens is 1. The van der Waals surface area contributed by atoms with Crippen molar-refractivity contribution in [3.63, 3.8) is 0 Å². The molecule has 1 heterocycles. The first-order valence-corrected chi connectivity index (χ1v) is 8.81. The molecule has 0 radical (unpaired) electrons. The van der Waals surface area contributed by atoms with Gasteiger partial charge in [-0.05, 0) is 42.0 Å². The van der Waals surface area contributed by atoms with Crippen LogP contribution in [0.1, 0.15) is 5.56 Å². The van der Waals surface area contributed by atoms with Crippen LogP contribution in [-0.2, 0) is 4.79 Å². The van der Waals surface area contributed by atoms with Gasteiger partial charge in [-0.2, -0.15) is 0 Å². The van der Waals surface area contributed by atoms with Crippen LogP contribution in [0.4, 0.5) is 5.13 Å². The third kappa shape index (κ3) is 3.82. The van der Waals surface area contributed by atoms with Crippen molar-refractivity contribution in [2.75, 3.05) is 5.32 Å². The second-order valence-electron chi connectivity index (χ2n) is 4.51. The first-order valence-electron chi connectivity index (χ1n) is 6.41. The smallest absolute Gasteiger partial charge is 0.250 e. The Labute approximate surface area is 148 Å². The Balaban J connectivity index is 1.71. The van der Waals surface area contributed by atoms with Gasteiger partial charge in [-0.3, -0.25) is 10.1 Å². The van der Waals surface area contributed by atoms with E-state index in [-0.39, 0.29) is 5.91 Å². The molecular weight excluding hydrogens is 428 g/mol. The fraction of sp³-hybridized carbons (Fsp3) is 0. The van der Waals surface area contributed by atoms with Crippen molar-refractivity contribution in [2.24, 2.45) is 0 Å². The lowest BCUT2D eigenvalue weighted by molar-refractivity contribution is -0.111. The minimum Gasteiger partial charge on any atom is -0.298 e. The number of anilines is 1. The number of thiazole rings is 1. The zero-order chi connectivity index (χ0) is 15.5. The highest BCUT2D eigenvalue weighted by atomic mass is 79.9. The molecule has 1 aromatic heterocycles. The summed E-state index contributed by atoms with van der Waals surface area (Å²) in [7, 11) is 0. The SMILES string of the molecule is O=C(/C=C/c1ccc(Br)cc1)Nc1nc2ccc(Br)cc2s1. The second-order valence-corrected chi connectivity index (χ2v) is 7.37. The molecule has 3 aromatic rings. The number of carbonyl (C=O) groups is 1. The molecule has 0 aliphatic heterocycles. The van der Waals surface area contributed by atoms with Crippen LogP contribution in [0.2, 0.25) is 0 Å². The molecule has 3 nitrogen and oxygen atoms in total. The van der Waals surface area contributed by atoms with Crippen LogP contribution < -0.4 is 5.32 Å². The number of carbonyl (C=O) groups excluding carboxylic acids is 1. The van der Waals surface area contributed by atoms with E-state index in [0.717, 1.165) is 24.7 Å². The Kier molecular flexibility index (Phi) is 4.71. The number of benzene rings is 2. The summed E-state index contributed by atoms with van der Waals surface area (Å²) in [6.45, 7) is 0. The molecule has 2 aromatic carbocycles. The monoisotopic (exact) mass is 436 g/mol. The van der Waals surface area contributed by atoms with E-state index >= 15 is 0 Å². The van der Waals surface area contributed by atoms with Gasteiger partial charge in [0.05, 0.1) is 10.2 Å². The maximum Gasteiger partial charge on any atom is 0.250 e. The number of hydrogen-bond acceptors (Lipinski definition) is 3. The van der Waals surface area contributed by atoms with Gasteiger partial charge in [-0.15, -0.1) is 0 Å². The van der Waals surface area contributed by atoms with E-state index in [1.54, 1.807) is 6.08 Å². The molecule has 0 aliphatic rings. The molecule has 6 heteroatoms. The van der Waals surface area contributed by atoms with Gasteiger partial charge in [0.15, 0.2) is 5.13 Å². The van der Waals surface area contributed by atoms with Crippen LogP contribution in [0.3, 0.4) is 0 Å². The third-order valence-corrected chi connectivity index (χ3v) is 4.83. The molecule has 0 unspecified atom stereocenters. The molecule has 0 saturated heterocycles. The molecule has 110 valence electrons. The van der Waals surface area contributed by atoms with Gasteiger partial charge in [-0.25, -0.2) is 4.98 Å². The molecule has 22 heavy (non-hydrogen) atoms. The van der Waals surface area contributed by atoms with E-state index in [0.29, 0.717) is 5.13 Å². The number of rotatable bonds is 3. The highest BCUT2D eigenvalue weighted by Gasteiger charge is 2.06. The van der Waals surface area contributed by atoms with Gasteiger partial charge in [-0.1, -0.05) is 55.3 Å². The maximum atomic E-state index is 11.9. The van der Waals surface area contributed by atoms with Crippen molar-refractivity contribution in [2.45, 2.75) is 0 Å². The van der Waals surface area contributed by atoms with Crippen molar-refractivity contribution in [3.05, 3.63) is 63.0 Å². The Bertz CT molecular complexity index is 856. The predicted molar refractivity (Wildman–Crippen MR) is 99.1 cm³/mol. The van der Waals surface area contributed by atoms with Crippen LogP contribution in [0, 0.1) is 0 Å². The number of nitrogens with zero attached hydrogens (tertiary/aromatic N) is 1. The highest BCUT2D eigenvalue weighted by Crippen LogP contribution is 2.28. The topological polar surface area (TPSA) is 42.0 Å². The first-order chi connectivity index (χ1) is 10.6. The standard InChI is InChI=1S/C16H10Br2N2OS/c17-11-4-1-10(2-5-11)3-8-15(21)20-16-19-13-7-6-12(18)9-14(13)22-16/h1-9H,(H,19,20,21)/b8-3+. The number of nitrogens with one attached hydrogen (secondary N) is 1. The molecule has 0 atom stereocenters. The number of amides is 1. The van der Waals surface area contributed by atoms with E-state index in [1.807, 2.05) is 42.5 Å². The summed E-state index contributed by atoms with van der Waals surface area (Å²) in [5, 5.41) is 3.39. The summed E-state index contributed by atoms with van der Waals surface area (Å²) >= 11 is 8.25. The second kappa shape index (κ2) is 6.73. The molecule has 0 saturated carbocycles. The summed E-state index contributed by atoms with van der Waals surface area (Å²) in [5.41, 5.74) is 1.84. The van der Waals surface area contributed by atoms with Crippen molar-refractivity contribution < 1.29 is 4.79 Å². The minimum absolute atomic E-state index is 0.193. The molecular formula is C16H10Br2N2OS. The molecule has 0 spiro atoms. The average Bonchev–Trinajstić information content (AvgIpc) is 2.88. The average molecular weight is 438 g/mol. The van der Waals surface area contributed by atoms with Crippen LogP contribution in [-0.4, -0.2) is 10.9 Å². The van der Waals surface area contributed by atoms with E-state index in [2.05, 4.69) is 42.2 Å². The van der Waals surface area contributed by atoms with E-state index in [9.17, 15) is 4.79 Å². The zero-order valence-electron chi connectivity index (χ0n) is 11.2. The van der Waals surface area contributed by atoms with Gasteiger partial charge in [0.25, 0.3) is 0 Å². The Morgan fingerprint density at radius 1 is 1.09 bits per heavy atom. The van der Waals surface area contributed by atoms with E-state index < -0.39 is 0 Å². The highest BCUT2D eigenvalue weighted by molar-refractivity contribution is 9.10. The van der Waals surface area contributed by atoms with Gasteiger partial charge in [0.1, 0.15) is 0 Å². The van der Waals surface area contributed by atoms with Gasteiger partial charge < -0.3 is 0 Å². The Hall–Kier alpha value is -1.50. The minimum atomic E-state index is -0.193. The molecule has 0 bridgehead atoms. The summed E-state index contributed by atoms with van der Waals surface area (Å²) < 4.78 is 3.04. The lowest BCUT2D eigenvalue weighted by atomic mass is 10.2. The quantitative estimate of drug-likeness (QED) is 0.551. The van der Waals surface area contributed by atoms with Gasteiger partial charge >= 0.3 is 0 Å². The van der Waals surface area contributed by atoms with Crippen molar-refractivity contribution in [1.82, 2.24) is 4.98 Å². The van der Waals surface area contributed by atoms with Gasteiger partial charge in [0.2, 0.25) is 5.91 Å². The van der Waals surface area contributed by atoms with Crippen LogP contribution >= 0.6 is 43.2 Å². The van der Waals surface area contributed by atoms with Crippen LogP contribution in [0.25, 0.3) is 16.3 Å². The largest absolute Gasteiger partial charge is 0.298 e. The predicted octanol–water partition coefficient (Wildman–Crippen LogP) is 5.47. The molecule has 0 fully saturated rings. The number of fused-ring (bicyclic) bond motifs is 1. The lowest BCUT2D eigenvalue weighted by Crippen LogP contribution is -2.07. The first kappa shape index (κ1) is 15.4. The van der Waals surface area contributed by atoms with Crippen LogP contribution in [0.5, 0.6) is 0 Å². The fourth-order valence-corrected chi connectivity index (χ4v) is 3.53. The molecule has 1 N–H and O–H groups in total. The maximum absolute atomic E-state index is 11.9. The fourth-order valence-electron chi connectivity index (χ4n) is 1.84. The zero-order valence-corrected chi connectivity index (χ0v) is 15.2. The molecule has 0 aliphatic carbocycles. The number of hydrogen-bond donors (Lipinski definition) is 1. The van der Waals surface area contributed by atoms with Crippen molar-refractivity contribution in [1.29, 1.82) is 0 Å². The summed E-state index contributed by atoms with van der Waals surface area (Å²) in [6, 6.07) is 13.6. The van der Waals surface area contributed by atoms with E-state index in [4.69, 9.17) is 0 Å². The Morgan fingerprint density at radius 2 is 1.82 bits per heavy atom. The van der Waals surface area contributed by atoms with Crippen molar-refractivity contribution in [3.8, 4) is 0 Å². The summed E-state index contributed by atoms with van der Waals surface area (Å²) in [4.78, 5) is 16.3. The van der Waals surface area contributed by atoms with Crippen LogP contribution in [0.15, 0.2) is 57.5 Å². The summed E-state index contributed by atoms with van der Waals surface area (Å²) in [6.07, 6.45) is 3.27. The molecule has 3 rings (SSSR count). The lowest BCUT2D eigenvalue weighted by Gasteiger charge is -1.96. The van der Waals surface area contributed by atoms with E-state index in [1.165, 1.54) is 17.4 Å². The van der Waals surface area contributed by atoms with Gasteiger partial charge in [0, 0.05) is 15.0 Å². The number of halogens is 2.